The van der Waals surface area contributed by atoms with Crippen LogP contribution in [0.25, 0.3) is 28.4 Å². The van der Waals surface area contributed by atoms with E-state index in [9.17, 15) is 0 Å². The molecule has 0 aliphatic heterocycles. The fourth-order valence-corrected chi connectivity index (χ4v) is 3.10. The highest BCUT2D eigenvalue weighted by Crippen LogP contribution is 2.41. The molecule has 148 valence electrons. The second-order valence-corrected chi connectivity index (χ2v) is 6.12. The van der Waals surface area contributed by atoms with E-state index < -0.39 is 0 Å². The van der Waals surface area contributed by atoms with Crippen molar-refractivity contribution in [3.63, 3.8) is 0 Å². The van der Waals surface area contributed by atoms with Crippen LogP contribution in [0, 0.1) is 0 Å². The quantitative estimate of drug-likeness (QED) is 0.497. The monoisotopic (exact) mass is 392 g/mol. The molecule has 8 heteroatoms. The third kappa shape index (κ3) is 3.29. The highest BCUT2D eigenvalue weighted by molar-refractivity contribution is 5.70. The number of hydrogen-bond acceptors (Lipinski definition) is 7. The van der Waals surface area contributed by atoms with Crippen molar-refractivity contribution in [2.45, 2.75) is 0 Å². The topological polar surface area (TPSA) is 80.0 Å². The fraction of sp³-hybridized carbons (Fsp3) is 0.190. The summed E-state index contributed by atoms with van der Waals surface area (Å²) in [6.07, 6.45) is 1.69. The summed E-state index contributed by atoms with van der Waals surface area (Å²) in [5.74, 6) is 3.47. The molecule has 0 atom stereocenters. The number of benzene rings is 2. The molecule has 0 aliphatic carbocycles. The Kier molecular flexibility index (Phi) is 4.90. The first-order chi connectivity index (χ1) is 14.2. The maximum atomic E-state index is 5.47. The van der Waals surface area contributed by atoms with Crippen molar-refractivity contribution in [2.24, 2.45) is 0 Å². The standard InChI is InChI=1S/C21H20N4O4/c1-26-15-7-5-13(6-8-15)20-23-21-22-10-9-16(25(21)24-20)14-11-17(27-2)19(29-4)18(12-14)28-3/h5-12H,1-4H3. The molecule has 2 heterocycles. The van der Waals surface area contributed by atoms with Gasteiger partial charge in [-0.1, -0.05) is 0 Å². The number of methoxy groups -OCH3 is 4. The third-order valence-electron chi connectivity index (χ3n) is 4.55. The van der Waals surface area contributed by atoms with Gasteiger partial charge in [-0.2, -0.15) is 9.50 Å². The molecule has 4 rings (SSSR count). The Morgan fingerprint density at radius 3 is 2.03 bits per heavy atom. The van der Waals surface area contributed by atoms with Crippen LogP contribution >= 0.6 is 0 Å². The Morgan fingerprint density at radius 1 is 0.759 bits per heavy atom. The largest absolute Gasteiger partial charge is 0.497 e. The number of rotatable bonds is 6. The Morgan fingerprint density at radius 2 is 1.45 bits per heavy atom. The normalized spacial score (nSPS) is 10.8. The van der Waals surface area contributed by atoms with Crippen LogP contribution in [0.1, 0.15) is 0 Å². The average Bonchev–Trinajstić information content (AvgIpc) is 3.22. The van der Waals surface area contributed by atoms with Crippen molar-refractivity contribution in [3.8, 4) is 45.6 Å². The lowest BCUT2D eigenvalue weighted by Gasteiger charge is -2.14. The summed E-state index contributed by atoms with van der Waals surface area (Å²) in [5, 5.41) is 4.66. The molecule has 0 radical (unpaired) electrons. The molecule has 8 nitrogen and oxygen atoms in total. The summed E-state index contributed by atoms with van der Waals surface area (Å²) in [5.41, 5.74) is 2.49. The Bertz CT molecular complexity index is 1130. The highest BCUT2D eigenvalue weighted by Gasteiger charge is 2.17. The Labute approximate surface area is 167 Å². The van der Waals surface area contributed by atoms with Crippen LogP contribution in [0.15, 0.2) is 48.7 Å². The van der Waals surface area contributed by atoms with Crippen molar-refractivity contribution < 1.29 is 18.9 Å². The summed E-state index contributed by atoms with van der Waals surface area (Å²) in [6.45, 7) is 0. The van der Waals surface area contributed by atoms with Gasteiger partial charge in [0.1, 0.15) is 5.75 Å². The van der Waals surface area contributed by atoms with Crippen LogP contribution < -0.4 is 18.9 Å². The molecular weight excluding hydrogens is 372 g/mol. The van der Waals surface area contributed by atoms with Crippen LogP contribution in [-0.4, -0.2) is 48.0 Å². The molecule has 0 saturated carbocycles. The van der Waals surface area contributed by atoms with Gasteiger partial charge in [0.05, 0.1) is 34.1 Å². The summed E-state index contributed by atoms with van der Waals surface area (Å²) < 4.78 is 23.3. The number of nitrogens with zero attached hydrogens (tertiary/aromatic N) is 4. The van der Waals surface area contributed by atoms with E-state index in [1.807, 2.05) is 42.5 Å². The minimum atomic E-state index is 0.488. The minimum Gasteiger partial charge on any atom is -0.497 e. The second kappa shape index (κ2) is 7.67. The van der Waals surface area contributed by atoms with Gasteiger partial charge in [0.15, 0.2) is 17.3 Å². The predicted molar refractivity (Wildman–Crippen MR) is 108 cm³/mol. The smallest absolute Gasteiger partial charge is 0.253 e. The molecule has 0 bridgehead atoms. The summed E-state index contributed by atoms with van der Waals surface area (Å²) >= 11 is 0. The fourth-order valence-electron chi connectivity index (χ4n) is 3.10. The highest BCUT2D eigenvalue weighted by atomic mass is 16.5. The second-order valence-electron chi connectivity index (χ2n) is 6.12. The van der Waals surface area contributed by atoms with Crippen molar-refractivity contribution >= 4 is 5.78 Å². The van der Waals surface area contributed by atoms with Crippen LogP contribution in [0.4, 0.5) is 0 Å². The number of hydrogen-bond donors (Lipinski definition) is 0. The number of ether oxygens (including phenoxy) is 4. The Hall–Kier alpha value is -3.81. The summed E-state index contributed by atoms with van der Waals surface area (Å²) in [4.78, 5) is 8.90. The van der Waals surface area contributed by atoms with Crippen molar-refractivity contribution in [2.75, 3.05) is 28.4 Å². The van der Waals surface area contributed by atoms with Gasteiger partial charge in [0.2, 0.25) is 5.75 Å². The first kappa shape index (κ1) is 18.5. The SMILES string of the molecule is COc1ccc(-c2nc3nccc(-c4cc(OC)c(OC)c(OC)c4)n3n2)cc1. The van der Waals surface area contributed by atoms with Gasteiger partial charge >= 0.3 is 0 Å². The molecule has 0 aliphatic rings. The zero-order chi connectivity index (χ0) is 20.4. The zero-order valence-corrected chi connectivity index (χ0v) is 16.5. The minimum absolute atomic E-state index is 0.488. The van der Waals surface area contributed by atoms with E-state index in [1.165, 1.54) is 0 Å². The average molecular weight is 392 g/mol. The number of fused-ring (bicyclic) bond motifs is 1. The van der Waals surface area contributed by atoms with Gasteiger partial charge in [-0.3, -0.25) is 0 Å². The maximum Gasteiger partial charge on any atom is 0.253 e. The first-order valence-corrected chi connectivity index (χ1v) is 8.85. The van der Waals surface area contributed by atoms with E-state index in [-0.39, 0.29) is 0 Å². The van der Waals surface area contributed by atoms with E-state index in [4.69, 9.17) is 18.9 Å². The van der Waals surface area contributed by atoms with E-state index in [2.05, 4.69) is 15.1 Å². The molecule has 0 unspecified atom stereocenters. The van der Waals surface area contributed by atoms with Crippen LogP contribution in [0.5, 0.6) is 23.0 Å². The van der Waals surface area contributed by atoms with Gasteiger partial charge in [0, 0.05) is 17.3 Å². The molecule has 4 aromatic rings. The first-order valence-electron chi connectivity index (χ1n) is 8.85. The summed E-state index contributed by atoms with van der Waals surface area (Å²) in [7, 11) is 6.37. The molecule has 0 spiro atoms. The van der Waals surface area contributed by atoms with Gasteiger partial charge in [-0.25, -0.2) is 4.98 Å². The van der Waals surface area contributed by atoms with Gasteiger partial charge < -0.3 is 18.9 Å². The van der Waals surface area contributed by atoms with Crippen molar-refractivity contribution in [3.05, 3.63) is 48.7 Å². The van der Waals surface area contributed by atoms with Gasteiger partial charge in [-0.05, 0) is 42.5 Å². The maximum absolute atomic E-state index is 5.47. The third-order valence-corrected chi connectivity index (χ3v) is 4.55. The molecule has 0 N–H and O–H groups in total. The molecule has 2 aromatic heterocycles. The molecule has 0 saturated heterocycles. The molecule has 0 amide bonds. The van der Waals surface area contributed by atoms with E-state index in [0.717, 1.165) is 22.6 Å². The lowest BCUT2D eigenvalue weighted by molar-refractivity contribution is 0.324. The molecular formula is C21H20N4O4. The number of aromatic nitrogens is 4. The van der Waals surface area contributed by atoms with Crippen molar-refractivity contribution in [1.82, 2.24) is 19.6 Å². The van der Waals surface area contributed by atoms with Gasteiger partial charge in [-0.15, -0.1) is 5.10 Å². The van der Waals surface area contributed by atoms with E-state index in [1.54, 1.807) is 39.2 Å². The van der Waals surface area contributed by atoms with Crippen LogP contribution in [0.2, 0.25) is 0 Å². The summed E-state index contributed by atoms with van der Waals surface area (Å²) in [6, 6.07) is 13.2. The van der Waals surface area contributed by atoms with Gasteiger partial charge in [0.25, 0.3) is 5.78 Å². The lowest BCUT2D eigenvalue weighted by atomic mass is 10.1. The zero-order valence-electron chi connectivity index (χ0n) is 16.5. The molecule has 29 heavy (non-hydrogen) atoms. The van der Waals surface area contributed by atoms with Crippen molar-refractivity contribution in [1.29, 1.82) is 0 Å². The lowest BCUT2D eigenvalue weighted by Crippen LogP contribution is -1.99. The van der Waals surface area contributed by atoms with Crippen LogP contribution in [-0.2, 0) is 0 Å². The van der Waals surface area contributed by atoms with Crippen LogP contribution in [0.3, 0.4) is 0 Å². The molecule has 2 aromatic carbocycles. The molecule has 0 fully saturated rings. The predicted octanol–water partition coefficient (Wildman–Crippen LogP) is 3.49. The Balaban J connectivity index is 1.85. The van der Waals surface area contributed by atoms with E-state index >= 15 is 0 Å². The van der Waals surface area contributed by atoms with E-state index in [0.29, 0.717) is 28.9 Å².